The molecule has 0 fully saturated rings. The third-order valence-electron chi connectivity index (χ3n) is 3.82. The van der Waals surface area contributed by atoms with Gasteiger partial charge in [-0.1, -0.05) is 19.1 Å². The highest BCUT2D eigenvalue weighted by Crippen LogP contribution is 2.34. The van der Waals surface area contributed by atoms with Crippen molar-refractivity contribution < 1.29 is 8.42 Å². The van der Waals surface area contributed by atoms with Crippen molar-refractivity contribution in [3.63, 3.8) is 0 Å². The molecule has 4 nitrogen and oxygen atoms in total. The second kappa shape index (κ2) is 6.66. The number of sulfonamides is 1. The first-order valence-electron chi connectivity index (χ1n) is 7.54. The van der Waals surface area contributed by atoms with Crippen molar-refractivity contribution in [2.45, 2.75) is 31.4 Å². The Bertz CT molecular complexity index is 971. The van der Waals surface area contributed by atoms with Crippen molar-refractivity contribution in [1.82, 2.24) is 4.98 Å². The average Bonchev–Trinajstić information content (AvgIpc) is 3.20. The Morgan fingerprint density at radius 2 is 1.96 bits per heavy atom. The Morgan fingerprint density at radius 1 is 1.17 bits per heavy atom. The minimum atomic E-state index is -3.59. The third-order valence-corrected chi connectivity index (χ3v) is 7.82. The van der Waals surface area contributed by atoms with E-state index in [2.05, 4.69) is 16.6 Å². The lowest BCUT2D eigenvalue weighted by atomic mass is 10.1. The Kier molecular flexibility index (Phi) is 4.76. The van der Waals surface area contributed by atoms with Crippen molar-refractivity contribution in [2.24, 2.45) is 0 Å². The third kappa shape index (κ3) is 3.38. The topological polar surface area (TPSA) is 59.1 Å². The first-order chi connectivity index (χ1) is 11.4. The second-order valence-corrected chi connectivity index (χ2v) is 9.32. The van der Waals surface area contributed by atoms with Gasteiger partial charge < -0.3 is 0 Å². The minimum Gasteiger partial charge on any atom is -0.279 e. The SMILES string of the molecule is CCc1csc(-c2ccc(S(=O)(=O)Nc3cccc(C)c3C)s2)n1. The fourth-order valence-electron chi connectivity index (χ4n) is 2.22. The maximum absolute atomic E-state index is 12.7. The molecule has 0 aliphatic heterocycles. The van der Waals surface area contributed by atoms with Crippen molar-refractivity contribution in [1.29, 1.82) is 0 Å². The molecule has 0 unspecified atom stereocenters. The number of hydrogen-bond donors (Lipinski definition) is 1. The molecule has 0 bridgehead atoms. The monoisotopic (exact) mass is 378 g/mol. The lowest BCUT2D eigenvalue weighted by Gasteiger charge is -2.10. The summed E-state index contributed by atoms with van der Waals surface area (Å²) in [6.45, 7) is 5.93. The van der Waals surface area contributed by atoms with Crippen LogP contribution in [0.1, 0.15) is 23.7 Å². The zero-order chi connectivity index (χ0) is 17.3. The van der Waals surface area contributed by atoms with Crippen LogP contribution >= 0.6 is 22.7 Å². The summed E-state index contributed by atoms with van der Waals surface area (Å²) < 4.78 is 28.3. The summed E-state index contributed by atoms with van der Waals surface area (Å²) in [5, 5.41) is 2.88. The molecule has 0 amide bonds. The molecule has 2 aromatic heterocycles. The number of thiophene rings is 1. The fraction of sp³-hybridized carbons (Fsp3) is 0.235. The predicted octanol–water partition coefficient (Wildman–Crippen LogP) is 4.85. The highest BCUT2D eigenvalue weighted by atomic mass is 32.2. The lowest BCUT2D eigenvalue weighted by Crippen LogP contribution is -2.12. The molecule has 0 aliphatic rings. The molecule has 2 heterocycles. The van der Waals surface area contributed by atoms with Crippen molar-refractivity contribution in [3.05, 3.63) is 52.5 Å². The van der Waals surface area contributed by atoms with Gasteiger partial charge in [-0.3, -0.25) is 4.72 Å². The van der Waals surface area contributed by atoms with Crippen LogP contribution in [0.2, 0.25) is 0 Å². The van der Waals surface area contributed by atoms with E-state index in [1.165, 1.54) is 11.3 Å². The van der Waals surface area contributed by atoms with Crippen LogP contribution in [0, 0.1) is 13.8 Å². The van der Waals surface area contributed by atoms with Crippen molar-refractivity contribution in [2.75, 3.05) is 4.72 Å². The molecule has 24 heavy (non-hydrogen) atoms. The number of nitrogens with zero attached hydrogens (tertiary/aromatic N) is 1. The molecule has 3 rings (SSSR count). The van der Waals surface area contributed by atoms with Gasteiger partial charge in [0.05, 0.1) is 16.3 Å². The van der Waals surface area contributed by atoms with Gasteiger partial charge in [0.15, 0.2) is 0 Å². The number of rotatable bonds is 5. The summed E-state index contributed by atoms with van der Waals surface area (Å²) in [6.07, 6.45) is 0.876. The average molecular weight is 379 g/mol. The highest BCUT2D eigenvalue weighted by Gasteiger charge is 2.19. The van der Waals surface area contributed by atoms with Gasteiger partial charge in [0.2, 0.25) is 0 Å². The summed E-state index contributed by atoms with van der Waals surface area (Å²) in [5.41, 5.74) is 3.64. The molecule has 7 heteroatoms. The smallest absolute Gasteiger partial charge is 0.271 e. The molecule has 0 atom stereocenters. The number of aryl methyl sites for hydroxylation is 2. The van der Waals surface area contributed by atoms with E-state index in [1.54, 1.807) is 23.5 Å². The lowest BCUT2D eigenvalue weighted by molar-refractivity contribution is 0.603. The van der Waals surface area contributed by atoms with Crippen LogP contribution in [0.15, 0.2) is 39.9 Å². The molecule has 1 N–H and O–H groups in total. The molecule has 126 valence electrons. The maximum atomic E-state index is 12.7. The van der Waals surface area contributed by atoms with Crippen LogP contribution in [0.4, 0.5) is 5.69 Å². The van der Waals surface area contributed by atoms with E-state index < -0.39 is 10.0 Å². The fourth-order valence-corrected chi connectivity index (χ4v) is 5.62. The Hall–Kier alpha value is -1.70. The molecule has 0 saturated carbocycles. The zero-order valence-corrected chi connectivity index (χ0v) is 16.1. The van der Waals surface area contributed by atoms with Gasteiger partial charge in [0, 0.05) is 5.38 Å². The summed E-state index contributed by atoms with van der Waals surface area (Å²) in [4.78, 5) is 5.39. The number of thiazole rings is 1. The number of benzene rings is 1. The molecule has 0 radical (unpaired) electrons. The molecule has 0 spiro atoms. The minimum absolute atomic E-state index is 0.298. The summed E-state index contributed by atoms with van der Waals surface area (Å²) in [7, 11) is -3.59. The van der Waals surface area contributed by atoms with Gasteiger partial charge in [-0.25, -0.2) is 13.4 Å². The molecule has 0 aliphatic carbocycles. The Labute approximate surface area is 150 Å². The number of hydrogen-bond acceptors (Lipinski definition) is 5. The zero-order valence-electron chi connectivity index (χ0n) is 13.7. The molecule has 3 aromatic rings. The van der Waals surface area contributed by atoms with E-state index in [9.17, 15) is 8.42 Å². The molecule has 0 saturated heterocycles. The van der Waals surface area contributed by atoms with Crippen molar-refractivity contribution in [3.8, 4) is 9.88 Å². The largest absolute Gasteiger partial charge is 0.279 e. The van der Waals surface area contributed by atoms with Gasteiger partial charge in [-0.15, -0.1) is 22.7 Å². The van der Waals surface area contributed by atoms with Crippen LogP contribution in [0.25, 0.3) is 9.88 Å². The number of nitrogens with one attached hydrogen (secondary N) is 1. The van der Waals surface area contributed by atoms with Crippen molar-refractivity contribution >= 4 is 38.4 Å². The molecular formula is C17H18N2O2S3. The summed E-state index contributed by atoms with van der Waals surface area (Å²) in [5.74, 6) is 0. The number of anilines is 1. The Morgan fingerprint density at radius 3 is 2.67 bits per heavy atom. The van der Waals surface area contributed by atoms with Gasteiger partial charge >= 0.3 is 0 Å². The van der Waals surface area contributed by atoms with E-state index in [0.29, 0.717) is 9.90 Å². The quantitative estimate of drug-likeness (QED) is 0.690. The summed E-state index contributed by atoms with van der Waals surface area (Å²) in [6, 6.07) is 9.05. The standard InChI is InChI=1S/C17H18N2O2S3/c1-4-13-10-22-17(18-13)15-8-9-16(23-15)24(20,21)19-14-7-5-6-11(2)12(14)3/h5-10,19H,4H2,1-3H3. The van der Waals surface area contributed by atoms with Crippen LogP contribution in [0.5, 0.6) is 0 Å². The second-order valence-electron chi connectivity index (χ2n) is 5.47. The number of aromatic nitrogens is 1. The van der Waals surface area contributed by atoms with Crippen LogP contribution in [-0.4, -0.2) is 13.4 Å². The molecule has 1 aromatic carbocycles. The van der Waals surface area contributed by atoms with E-state index in [0.717, 1.165) is 33.1 Å². The van der Waals surface area contributed by atoms with E-state index in [-0.39, 0.29) is 0 Å². The van der Waals surface area contributed by atoms with Crippen LogP contribution < -0.4 is 4.72 Å². The summed E-state index contributed by atoms with van der Waals surface area (Å²) >= 11 is 2.79. The maximum Gasteiger partial charge on any atom is 0.271 e. The van der Waals surface area contributed by atoms with Gasteiger partial charge in [-0.05, 0) is 49.6 Å². The van der Waals surface area contributed by atoms with Gasteiger partial charge in [0.1, 0.15) is 9.22 Å². The van der Waals surface area contributed by atoms with E-state index in [1.807, 2.05) is 37.4 Å². The van der Waals surface area contributed by atoms with E-state index >= 15 is 0 Å². The van der Waals surface area contributed by atoms with Crippen LogP contribution in [-0.2, 0) is 16.4 Å². The predicted molar refractivity (Wildman–Crippen MR) is 102 cm³/mol. The van der Waals surface area contributed by atoms with E-state index in [4.69, 9.17) is 0 Å². The van der Waals surface area contributed by atoms with Crippen LogP contribution in [0.3, 0.4) is 0 Å². The highest BCUT2D eigenvalue weighted by molar-refractivity contribution is 7.94. The molecular weight excluding hydrogens is 360 g/mol. The normalized spacial score (nSPS) is 11.6. The van der Waals surface area contributed by atoms with Gasteiger partial charge in [0.25, 0.3) is 10.0 Å². The first kappa shape index (κ1) is 17.1. The van der Waals surface area contributed by atoms with Gasteiger partial charge in [-0.2, -0.15) is 0 Å². The first-order valence-corrected chi connectivity index (χ1v) is 10.7. The Balaban J connectivity index is 1.89.